The summed E-state index contributed by atoms with van der Waals surface area (Å²) in [7, 11) is 0. The number of imidazole rings is 1. The van der Waals surface area contributed by atoms with E-state index in [0.29, 0.717) is 10.8 Å². The van der Waals surface area contributed by atoms with Crippen molar-refractivity contribution >= 4 is 11.6 Å². The number of aromatic amines is 1. The molecule has 1 N–H and O–H groups in total. The van der Waals surface area contributed by atoms with E-state index in [0.717, 1.165) is 33.9 Å². The van der Waals surface area contributed by atoms with E-state index in [-0.39, 0.29) is 11.9 Å². The van der Waals surface area contributed by atoms with Gasteiger partial charge in [-0.1, -0.05) is 35.9 Å². The highest BCUT2D eigenvalue weighted by Crippen LogP contribution is 2.29. The Labute approximate surface area is 174 Å². The largest absolute Gasteiger partial charge is 0.486 e. The minimum Gasteiger partial charge on any atom is -0.486 e. The van der Waals surface area contributed by atoms with Crippen LogP contribution in [0.25, 0.3) is 22.6 Å². The first-order valence-corrected chi connectivity index (χ1v) is 9.72. The molecule has 4 aromatic rings. The van der Waals surface area contributed by atoms with Crippen LogP contribution in [0.4, 0.5) is 4.39 Å². The zero-order valence-electron chi connectivity index (χ0n) is 16.1. The number of nitrogens with zero attached hydrogens (tertiary/aromatic N) is 1. The molecule has 3 aromatic carbocycles. The standard InChI is InChI=1S/C24H20ClFN2O/c1-15-23(17-6-10-20(25)11-7-17)28-24(27-15)18-8-12-22(13-9-18)29-16(2)19-4-3-5-21(26)14-19/h3-14,16H,1-2H3,(H,27,28)/t16-/m1/s1. The minimum absolute atomic E-state index is 0.251. The molecule has 3 nitrogen and oxygen atoms in total. The summed E-state index contributed by atoms with van der Waals surface area (Å²) < 4.78 is 19.4. The van der Waals surface area contributed by atoms with E-state index in [1.807, 2.05) is 68.4 Å². The second-order valence-corrected chi connectivity index (χ2v) is 7.34. The molecule has 0 unspecified atom stereocenters. The van der Waals surface area contributed by atoms with Crippen molar-refractivity contribution in [2.75, 3.05) is 0 Å². The predicted molar refractivity (Wildman–Crippen MR) is 115 cm³/mol. The van der Waals surface area contributed by atoms with Crippen LogP contribution in [0.5, 0.6) is 5.75 Å². The lowest BCUT2D eigenvalue weighted by atomic mass is 10.1. The second kappa shape index (κ2) is 8.10. The number of H-pyrrole nitrogens is 1. The summed E-state index contributed by atoms with van der Waals surface area (Å²) in [5, 5.41) is 0.699. The topological polar surface area (TPSA) is 37.9 Å². The van der Waals surface area contributed by atoms with Gasteiger partial charge in [0.2, 0.25) is 0 Å². The van der Waals surface area contributed by atoms with Crippen molar-refractivity contribution in [2.45, 2.75) is 20.0 Å². The fraction of sp³-hybridized carbons (Fsp3) is 0.125. The molecule has 0 radical (unpaired) electrons. The van der Waals surface area contributed by atoms with Gasteiger partial charge < -0.3 is 9.72 Å². The second-order valence-electron chi connectivity index (χ2n) is 6.91. The highest BCUT2D eigenvalue weighted by Gasteiger charge is 2.12. The normalized spacial score (nSPS) is 12.0. The Morgan fingerprint density at radius 3 is 2.34 bits per heavy atom. The van der Waals surface area contributed by atoms with Gasteiger partial charge in [-0.3, -0.25) is 0 Å². The first-order valence-electron chi connectivity index (χ1n) is 9.35. The number of rotatable bonds is 5. The van der Waals surface area contributed by atoms with Gasteiger partial charge in [0.1, 0.15) is 23.5 Å². The van der Waals surface area contributed by atoms with Crippen molar-refractivity contribution < 1.29 is 9.13 Å². The lowest BCUT2D eigenvalue weighted by Crippen LogP contribution is -2.03. The molecule has 29 heavy (non-hydrogen) atoms. The Kier molecular flexibility index (Phi) is 5.36. The summed E-state index contributed by atoms with van der Waals surface area (Å²) in [4.78, 5) is 8.09. The highest BCUT2D eigenvalue weighted by molar-refractivity contribution is 6.30. The number of nitrogens with one attached hydrogen (secondary N) is 1. The third-order valence-electron chi connectivity index (χ3n) is 4.76. The van der Waals surface area contributed by atoms with Gasteiger partial charge >= 0.3 is 0 Å². The maximum absolute atomic E-state index is 13.4. The maximum atomic E-state index is 13.4. The molecule has 0 saturated carbocycles. The van der Waals surface area contributed by atoms with E-state index in [2.05, 4.69) is 4.98 Å². The molecule has 0 bridgehead atoms. The SMILES string of the molecule is Cc1[nH]c(-c2ccc(O[C@H](C)c3cccc(F)c3)cc2)nc1-c1ccc(Cl)cc1. The molecule has 0 spiro atoms. The molecule has 5 heteroatoms. The molecule has 0 saturated heterocycles. The monoisotopic (exact) mass is 406 g/mol. The first-order chi connectivity index (χ1) is 14.0. The summed E-state index contributed by atoms with van der Waals surface area (Å²) in [6.45, 7) is 3.90. The molecular weight excluding hydrogens is 387 g/mol. The number of hydrogen-bond donors (Lipinski definition) is 1. The van der Waals surface area contributed by atoms with Crippen LogP contribution in [-0.4, -0.2) is 9.97 Å². The smallest absolute Gasteiger partial charge is 0.138 e. The summed E-state index contributed by atoms with van der Waals surface area (Å²) >= 11 is 5.98. The van der Waals surface area contributed by atoms with Crippen molar-refractivity contribution in [3.63, 3.8) is 0 Å². The van der Waals surface area contributed by atoms with Crippen LogP contribution in [0.3, 0.4) is 0 Å². The molecule has 1 heterocycles. The molecule has 0 aliphatic carbocycles. The van der Waals surface area contributed by atoms with Gasteiger partial charge in [0.15, 0.2) is 0 Å². The average Bonchev–Trinajstić information content (AvgIpc) is 3.11. The van der Waals surface area contributed by atoms with E-state index < -0.39 is 0 Å². The van der Waals surface area contributed by atoms with Crippen LogP contribution in [0.2, 0.25) is 5.02 Å². The zero-order chi connectivity index (χ0) is 20.4. The number of aromatic nitrogens is 2. The van der Waals surface area contributed by atoms with Gasteiger partial charge in [-0.2, -0.15) is 0 Å². The lowest BCUT2D eigenvalue weighted by Gasteiger charge is -2.15. The van der Waals surface area contributed by atoms with Gasteiger partial charge in [0, 0.05) is 21.8 Å². The summed E-state index contributed by atoms with van der Waals surface area (Å²) in [6.07, 6.45) is -0.251. The number of halogens is 2. The Hall–Kier alpha value is -3.11. The number of aryl methyl sites for hydroxylation is 1. The van der Waals surface area contributed by atoms with Gasteiger partial charge in [0.05, 0.1) is 5.69 Å². The van der Waals surface area contributed by atoms with E-state index in [1.165, 1.54) is 12.1 Å². The van der Waals surface area contributed by atoms with Crippen LogP contribution in [-0.2, 0) is 0 Å². The van der Waals surface area contributed by atoms with Gasteiger partial charge in [-0.15, -0.1) is 0 Å². The zero-order valence-corrected chi connectivity index (χ0v) is 16.9. The summed E-state index contributed by atoms with van der Waals surface area (Å²) in [5.41, 5.74) is 4.65. The fourth-order valence-electron chi connectivity index (χ4n) is 3.21. The van der Waals surface area contributed by atoms with Gasteiger partial charge in [-0.05, 0) is 67.9 Å². The Bertz CT molecular complexity index is 1120. The Morgan fingerprint density at radius 1 is 0.966 bits per heavy atom. The fourth-order valence-corrected chi connectivity index (χ4v) is 3.33. The molecule has 1 atom stereocenters. The number of benzene rings is 3. The Morgan fingerprint density at radius 2 is 1.66 bits per heavy atom. The molecule has 1 aromatic heterocycles. The van der Waals surface area contributed by atoms with Crippen LogP contribution in [0.15, 0.2) is 72.8 Å². The third kappa shape index (κ3) is 4.33. The molecule has 4 rings (SSSR count). The van der Waals surface area contributed by atoms with Crippen LogP contribution in [0, 0.1) is 12.7 Å². The van der Waals surface area contributed by atoms with Crippen LogP contribution in [0.1, 0.15) is 24.3 Å². The molecule has 0 amide bonds. The first kappa shape index (κ1) is 19.2. The number of hydrogen-bond acceptors (Lipinski definition) is 2. The molecule has 146 valence electrons. The molecule has 0 aliphatic rings. The Balaban J connectivity index is 1.52. The van der Waals surface area contributed by atoms with Crippen molar-refractivity contribution in [3.8, 4) is 28.4 Å². The van der Waals surface area contributed by atoms with Gasteiger partial charge in [0.25, 0.3) is 0 Å². The van der Waals surface area contributed by atoms with E-state index >= 15 is 0 Å². The van der Waals surface area contributed by atoms with E-state index in [9.17, 15) is 4.39 Å². The van der Waals surface area contributed by atoms with Crippen LogP contribution < -0.4 is 4.74 Å². The molecule has 0 aliphatic heterocycles. The van der Waals surface area contributed by atoms with E-state index in [1.54, 1.807) is 6.07 Å². The summed E-state index contributed by atoms with van der Waals surface area (Å²) in [6, 6.07) is 21.8. The van der Waals surface area contributed by atoms with Crippen molar-refractivity contribution in [1.29, 1.82) is 0 Å². The lowest BCUT2D eigenvalue weighted by molar-refractivity contribution is 0.226. The number of ether oxygens (including phenoxy) is 1. The van der Waals surface area contributed by atoms with Gasteiger partial charge in [-0.25, -0.2) is 9.37 Å². The predicted octanol–water partition coefficient (Wildman–Crippen LogP) is 6.98. The molecule has 0 fully saturated rings. The minimum atomic E-state index is -0.266. The third-order valence-corrected chi connectivity index (χ3v) is 5.01. The average molecular weight is 407 g/mol. The van der Waals surface area contributed by atoms with Crippen molar-refractivity contribution in [2.24, 2.45) is 0 Å². The van der Waals surface area contributed by atoms with Crippen LogP contribution >= 0.6 is 11.6 Å². The summed E-state index contributed by atoms with van der Waals surface area (Å²) in [5.74, 6) is 1.24. The highest BCUT2D eigenvalue weighted by atomic mass is 35.5. The maximum Gasteiger partial charge on any atom is 0.138 e. The van der Waals surface area contributed by atoms with Crippen molar-refractivity contribution in [3.05, 3.63) is 94.9 Å². The molecular formula is C24H20ClFN2O. The quantitative estimate of drug-likeness (QED) is 0.388. The van der Waals surface area contributed by atoms with Crippen molar-refractivity contribution in [1.82, 2.24) is 9.97 Å². The van der Waals surface area contributed by atoms with E-state index in [4.69, 9.17) is 21.3 Å².